The van der Waals surface area contributed by atoms with E-state index in [0.717, 1.165) is 57.1 Å². The fourth-order valence-electron chi connectivity index (χ4n) is 3.35. The lowest BCUT2D eigenvalue weighted by Crippen LogP contribution is -2.22. The molecular weight excluding hydrogens is 312 g/mol. The summed E-state index contributed by atoms with van der Waals surface area (Å²) in [6.45, 7) is 9.79. The molecule has 0 aliphatic carbocycles. The van der Waals surface area contributed by atoms with Crippen LogP contribution in [0.1, 0.15) is 42.4 Å². The molecular formula is C21H30N2O2. The fourth-order valence-corrected chi connectivity index (χ4v) is 3.35. The Labute approximate surface area is 151 Å². The van der Waals surface area contributed by atoms with Gasteiger partial charge in [0.15, 0.2) is 0 Å². The first kappa shape index (κ1) is 18.2. The molecule has 2 aromatic rings. The van der Waals surface area contributed by atoms with Crippen LogP contribution in [-0.2, 0) is 24.4 Å². The summed E-state index contributed by atoms with van der Waals surface area (Å²) in [6, 6.07) is 12.8. The van der Waals surface area contributed by atoms with Gasteiger partial charge in [-0.05, 0) is 37.9 Å². The highest BCUT2D eigenvalue weighted by Gasteiger charge is 2.23. The van der Waals surface area contributed by atoms with Crippen LogP contribution in [0.15, 0.2) is 40.8 Å². The first-order valence-corrected chi connectivity index (χ1v) is 9.41. The molecule has 4 nitrogen and oxygen atoms in total. The standard InChI is InChI=1S/C21H30N2O2/c1-3-10-22-13-19-12-21(25-17(19)2)16-24-20-9-11-23(15-20)14-18-7-5-4-6-8-18/h4-8,12,20,22H,3,9-11,13-16H2,1-2H3. The topological polar surface area (TPSA) is 37.6 Å². The van der Waals surface area contributed by atoms with Gasteiger partial charge in [0, 0.05) is 31.7 Å². The Morgan fingerprint density at radius 2 is 2.12 bits per heavy atom. The number of nitrogens with zero attached hydrogens (tertiary/aromatic N) is 1. The number of furan rings is 1. The third-order valence-corrected chi connectivity index (χ3v) is 4.75. The molecule has 3 rings (SSSR count). The minimum absolute atomic E-state index is 0.302. The van der Waals surface area contributed by atoms with E-state index in [9.17, 15) is 0 Å². The zero-order valence-electron chi connectivity index (χ0n) is 15.5. The largest absolute Gasteiger partial charge is 0.464 e. The van der Waals surface area contributed by atoms with Crippen LogP contribution in [0.2, 0.25) is 0 Å². The molecule has 0 saturated carbocycles. The maximum atomic E-state index is 6.10. The summed E-state index contributed by atoms with van der Waals surface area (Å²) in [5.74, 6) is 1.94. The van der Waals surface area contributed by atoms with Crippen molar-refractivity contribution < 1.29 is 9.15 Å². The number of aryl methyl sites for hydroxylation is 1. The zero-order chi connectivity index (χ0) is 17.5. The summed E-state index contributed by atoms with van der Waals surface area (Å²) >= 11 is 0. The molecule has 2 heterocycles. The number of benzene rings is 1. The number of rotatable bonds is 9. The van der Waals surface area contributed by atoms with E-state index < -0.39 is 0 Å². The molecule has 0 spiro atoms. The van der Waals surface area contributed by atoms with Crippen molar-refractivity contribution in [2.24, 2.45) is 0 Å². The van der Waals surface area contributed by atoms with Crippen LogP contribution in [-0.4, -0.2) is 30.6 Å². The van der Waals surface area contributed by atoms with Crippen LogP contribution in [0.25, 0.3) is 0 Å². The van der Waals surface area contributed by atoms with Crippen LogP contribution in [0, 0.1) is 6.92 Å². The highest BCUT2D eigenvalue weighted by Crippen LogP contribution is 2.20. The van der Waals surface area contributed by atoms with E-state index in [4.69, 9.17) is 9.15 Å². The summed E-state index contributed by atoms with van der Waals surface area (Å²) in [6.07, 6.45) is 2.54. The van der Waals surface area contributed by atoms with Gasteiger partial charge in [-0.25, -0.2) is 0 Å². The molecule has 1 atom stereocenters. The van der Waals surface area contributed by atoms with Crippen molar-refractivity contribution in [2.45, 2.75) is 52.5 Å². The van der Waals surface area contributed by atoms with Gasteiger partial charge in [0.05, 0.1) is 6.10 Å². The summed E-state index contributed by atoms with van der Waals surface area (Å²) < 4.78 is 11.9. The monoisotopic (exact) mass is 342 g/mol. The average molecular weight is 342 g/mol. The van der Waals surface area contributed by atoms with Crippen LogP contribution in [0.5, 0.6) is 0 Å². The van der Waals surface area contributed by atoms with E-state index in [-0.39, 0.29) is 0 Å². The predicted molar refractivity (Wildman–Crippen MR) is 100 cm³/mol. The molecule has 1 saturated heterocycles. The van der Waals surface area contributed by atoms with Gasteiger partial charge < -0.3 is 14.5 Å². The Bertz CT molecular complexity index is 639. The third-order valence-electron chi connectivity index (χ3n) is 4.75. The van der Waals surface area contributed by atoms with Crippen molar-refractivity contribution in [3.8, 4) is 0 Å². The number of ether oxygens (including phenoxy) is 1. The maximum Gasteiger partial charge on any atom is 0.130 e. The predicted octanol–water partition coefficient (Wildman–Crippen LogP) is 3.88. The first-order chi connectivity index (χ1) is 12.2. The Balaban J connectivity index is 1.42. The number of likely N-dealkylation sites (tertiary alicyclic amines) is 1. The lowest BCUT2D eigenvalue weighted by Gasteiger charge is -2.16. The molecule has 1 N–H and O–H groups in total. The minimum Gasteiger partial charge on any atom is -0.464 e. The molecule has 25 heavy (non-hydrogen) atoms. The van der Waals surface area contributed by atoms with Crippen LogP contribution in [0.4, 0.5) is 0 Å². The summed E-state index contributed by atoms with van der Waals surface area (Å²) in [5.41, 5.74) is 2.61. The van der Waals surface area contributed by atoms with Crippen molar-refractivity contribution in [2.75, 3.05) is 19.6 Å². The van der Waals surface area contributed by atoms with Crippen molar-refractivity contribution in [1.82, 2.24) is 10.2 Å². The summed E-state index contributed by atoms with van der Waals surface area (Å²) in [4.78, 5) is 2.47. The van der Waals surface area contributed by atoms with Crippen molar-refractivity contribution in [1.29, 1.82) is 0 Å². The summed E-state index contributed by atoms with van der Waals surface area (Å²) in [5, 5.41) is 3.42. The van der Waals surface area contributed by atoms with Crippen LogP contribution >= 0.6 is 0 Å². The van der Waals surface area contributed by atoms with Gasteiger partial charge in [0.25, 0.3) is 0 Å². The van der Waals surface area contributed by atoms with Crippen molar-refractivity contribution >= 4 is 0 Å². The second kappa shape index (κ2) is 9.18. The molecule has 0 radical (unpaired) electrons. The van der Waals surface area contributed by atoms with E-state index in [1.54, 1.807) is 0 Å². The maximum absolute atomic E-state index is 6.10. The van der Waals surface area contributed by atoms with E-state index in [2.05, 4.69) is 53.5 Å². The summed E-state index contributed by atoms with van der Waals surface area (Å²) in [7, 11) is 0. The lowest BCUT2D eigenvalue weighted by molar-refractivity contribution is 0.0361. The highest BCUT2D eigenvalue weighted by atomic mass is 16.5. The molecule has 4 heteroatoms. The average Bonchev–Trinajstić information content (AvgIpc) is 3.21. The SMILES string of the molecule is CCCNCc1cc(COC2CCN(Cc3ccccc3)C2)oc1C. The van der Waals surface area contributed by atoms with Gasteiger partial charge in [-0.3, -0.25) is 4.90 Å². The number of nitrogens with one attached hydrogen (secondary N) is 1. The van der Waals surface area contributed by atoms with Gasteiger partial charge in [-0.2, -0.15) is 0 Å². The smallest absolute Gasteiger partial charge is 0.130 e. The minimum atomic E-state index is 0.302. The molecule has 1 aromatic carbocycles. The quantitative estimate of drug-likeness (QED) is 0.702. The van der Waals surface area contributed by atoms with Gasteiger partial charge in [-0.1, -0.05) is 37.3 Å². The second-order valence-electron chi connectivity index (χ2n) is 6.91. The van der Waals surface area contributed by atoms with E-state index in [1.165, 1.54) is 11.1 Å². The number of hydrogen-bond donors (Lipinski definition) is 1. The molecule has 1 aliphatic rings. The van der Waals surface area contributed by atoms with Crippen LogP contribution < -0.4 is 5.32 Å². The zero-order valence-corrected chi connectivity index (χ0v) is 15.5. The van der Waals surface area contributed by atoms with E-state index in [1.807, 2.05) is 6.92 Å². The van der Waals surface area contributed by atoms with Crippen LogP contribution in [0.3, 0.4) is 0 Å². The number of hydrogen-bond acceptors (Lipinski definition) is 4. The molecule has 1 aromatic heterocycles. The van der Waals surface area contributed by atoms with Gasteiger partial charge in [0.1, 0.15) is 18.1 Å². The fraction of sp³-hybridized carbons (Fsp3) is 0.524. The molecule has 136 valence electrons. The third kappa shape index (κ3) is 5.43. The Morgan fingerprint density at radius 3 is 2.92 bits per heavy atom. The Hall–Kier alpha value is -1.62. The molecule has 1 fully saturated rings. The first-order valence-electron chi connectivity index (χ1n) is 9.41. The van der Waals surface area contributed by atoms with Gasteiger partial charge in [0.2, 0.25) is 0 Å². The normalized spacial score (nSPS) is 18.1. The Morgan fingerprint density at radius 1 is 1.28 bits per heavy atom. The van der Waals surface area contributed by atoms with E-state index >= 15 is 0 Å². The van der Waals surface area contributed by atoms with Gasteiger partial charge in [-0.15, -0.1) is 0 Å². The molecule has 0 bridgehead atoms. The lowest BCUT2D eigenvalue weighted by atomic mass is 10.2. The Kier molecular flexibility index (Phi) is 6.68. The molecule has 1 aliphatic heterocycles. The van der Waals surface area contributed by atoms with Crippen molar-refractivity contribution in [3.63, 3.8) is 0 Å². The highest BCUT2D eigenvalue weighted by molar-refractivity contribution is 5.20. The van der Waals surface area contributed by atoms with Crippen molar-refractivity contribution in [3.05, 3.63) is 59.0 Å². The second-order valence-corrected chi connectivity index (χ2v) is 6.91. The van der Waals surface area contributed by atoms with Gasteiger partial charge >= 0.3 is 0 Å². The molecule has 0 amide bonds. The van der Waals surface area contributed by atoms with E-state index in [0.29, 0.717) is 12.7 Å². The molecule has 1 unspecified atom stereocenters.